The Bertz CT molecular complexity index is 4380. The summed E-state index contributed by atoms with van der Waals surface area (Å²) in [5, 5.41) is 13.8. The molecule has 7 atom stereocenters. The van der Waals surface area contributed by atoms with Crippen molar-refractivity contribution in [2.45, 2.75) is 200 Å². The molecule has 0 aromatic heterocycles. The lowest BCUT2D eigenvalue weighted by Gasteiger charge is -2.40. The van der Waals surface area contributed by atoms with Crippen LogP contribution in [0.2, 0.25) is 0 Å². The summed E-state index contributed by atoms with van der Waals surface area (Å²) in [6.45, 7) is 16.3. The quantitative estimate of drug-likeness (QED) is 0.0371. The summed E-state index contributed by atoms with van der Waals surface area (Å²) in [6, 6.07) is 39.9. The van der Waals surface area contributed by atoms with E-state index in [1.165, 1.54) is 48.6 Å². The van der Waals surface area contributed by atoms with E-state index in [1.807, 2.05) is 180 Å². The van der Waals surface area contributed by atoms with Gasteiger partial charge in [-0.2, -0.15) is 13.2 Å². The number of thioether (sulfide) groups is 3. The molecule has 0 spiro atoms. The topological polar surface area (TPSA) is 269 Å². The Kier molecular flexibility index (Phi) is 28.8. The van der Waals surface area contributed by atoms with Crippen molar-refractivity contribution in [1.82, 2.24) is 44.1 Å². The highest BCUT2D eigenvalue weighted by Gasteiger charge is 2.51. The number of para-hydroxylation sites is 3. The van der Waals surface area contributed by atoms with Gasteiger partial charge in [-0.1, -0.05) is 151 Å². The first-order chi connectivity index (χ1) is 55.6. The number of likely N-dealkylation sites (tertiary alicyclic amines) is 3. The maximum atomic E-state index is 13.8. The van der Waals surface area contributed by atoms with Crippen LogP contribution in [0.5, 0.6) is 0 Å². The van der Waals surface area contributed by atoms with Crippen molar-refractivity contribution < 1.29 is 67.3 Å². The number of amides is 12. The van der Waals surface area contributed by atoms with E-state index in [1.54, 1.807) is 14.7 Å². The highest BCUT2D eigenvalue weighted by molar-refractivity contribution is 8.02. The maximum absolute atomic E-state index is 13.8. The number of ether oxygens (including phenoxy) is 1. The standard InChI is InChI=1S/C32H40N4O5S.C30H37N5O3S.C24H31F3N4O3S.H2/c1-21(2)19-26(31(39)41-3)36-29(38)27(42-30(36)23-10-5-4-6-11-23)20-28(37)34-16-14-24(15-17-34)35-18-13-22-9-7-8-12-25(22)33-32(35)40;1-20(2)11-16-34-28(37)26(39-29(34)24-9-5-3-7-21(24)18-31)17-27(36)33-14-12-23(13-15-33)35-19-22-8-4-6-10-25(22)32-30(35)38;1-15(2)11-21-31(14-24(25,26)27)22(33)19(35-21)12-20(32)29-9-7-17(8-10-29)30-13-16-5-3-4-6-18(16)28-23(30)34;/h4-12,21,24,26-27,30H,13-20H2,1-3H3,(H,33,40);3-10,18,20,23,26,29,31H,11-17,19H2,1-2H3,(H,32,38);3-6,15,17,19,21H,7-14H2,1-2H3,(H,28,34);1H/t26-,27?,30?;;;/m1.../s1. The number of nitrogens with one attached hydrogen (secondary N) is 4. The lowest BCUT2D eigenvalue weighted by atomic mass is 10.0. The molecule has 0 radical (unpaired) electrons. The zero-order valence-electron chi connectivity index (χ0n) is 67.1. The molecule has 5 aromatic carbocycles. The summed E-state index contributed by atoms with van der Waals surface area (Å²) in [7, 11) is 1.35. The highest BCUT2D eigenvalue weighted by Crippen LogP contribution is 2.49. The fourth-order valence-corrected chi connectivity index (χ4v) is 21.6. The fourth-order valence-electron chi connectivity index (χ4n) is 16.9. The van der Waals surface area contributed by atoms with Crippen molar-refractivity contribution >= 4 is 118 Å². The number of carbonyl (C=O) groups excluding carboxylic acids is 10. The SMILES string of the molecule is CC(C)CC1SC(CC(=O)N2CCC(N3Cc4ccccc4NC3=O)CC2)C(=O)N1CC(F)(F)F.CC(C)CCN1C(=O)C(CC(=O)N2CCC(N3Cc4ccccc4NC3=O)CC2)SC1c1ccccc1C=N.COC(=O)[C@@H](CC(C)C)N1C(=O)C(CC(=O)N2CCC(N3CCc4ccccc4NC3=O)CC2)SC1c1ccccc1.[HH]. The molecule has 0 saturated carbocycles. The minimum absolute atomic E-state index is 0. The van der Waals surface area contributed by atoms with Gasteiger partial charge < -0.3 is 70.2 Å². The second kappa shape index (κ2) is 38.9. The molecule has 6 unspecified atom stereocenters. The van der Waals surface area contributed by atoms with Gasteiger partial charge >= 0.3 is 30.2 Å². The van der Waals surface area contributed by atoms with Gasteiger partial charge in [-0.05, 0) is 134 Å². The number of anilines is 3. The number of fused-ring (bicyclic) bond motifs is 3. The van der Waals surface area contributed by atoms with Gasteiger partial charge in [-0.25, -0.2) is 19.2 Å². The summed E-state index contributed by atoms with van der Waals surface area (Å²) >= 11 is 4.14. The van der Waals surface area contributed by atoms with Crippen LogP contribution in [0, 0.1) is 23.2 Å². The largest absolute Gasteiger partial charge is 0.467 e. The van der Waals surface area contributed by atoms with Crippen LogP contribution < -0.4 is 16.0 Å². The number of piperidine rings is 3. The Morgan fingerprint density at radius 3 is 1.43 bits per heavy atom. The average molecular weight is 1660 g/mol. The number of nitrogens with zero attached hydrogens (tertiary/aromatic N) is 9. The highest BCUT2D eigenvalue weighted by atomic mass is 32.2. The van der Waals surface area contributed by atoms with Gasteiger partial charge in [-0.15, -0.1) is 35.3 Å². The fraction of sp³-hybridized carbons (Fsp3) is 0.523. The Labute approximate surface area is 691 Å². The first-order valence-corrected chi connectivity index (χ1v) is 43.4. The van der Waals surface area contributed by atoms with Crippen molar-refractivity contribution in [1.29, 1.82) is 5.41 Å². The van der Waals surface area contributed by atoms with Gasteiger partial charge in [0.1, 0.15) is 23.3 Å². The van der Waals surface area contributed by atoms with E-state index in [0.717, 1.165) is 81.0 Å². The summed E-state index contributed by atoms with van der Waals surface area (Å²) in [6.07, 6.45) is 3.67. The second-order valence-corrected chi connectivity index (χ2v) is 36.4. The average Bonchev–Trinajstić information content (AvgIpc) is 1.36. The van der Waals surface area contributed by atoms with E-state index < -0.39 is 51.8 Å². The minimum atomic E-state index is -4.48. The first-order valence-electron chi connectivity index (χ1n) is 40.6. The van der Waals surface area contributed by atoms with E-state index in [0.29, 0.717) is 110 Å². The van der Waals surface area contributed by atoms with Gasteiger partial charge in [0.25, 0.3) is 0 Å². The van der Waals surface area contributed by atoms with E-state index >= 15 is 0 Å². The number of urea groups is 3. The molecule has 9 aliphatic heterocycles. The predicted molar refractivity (Wildman–Crippen MR) is 447 cm³/mol. The number of hydrogen-bond donors (Lipinski definition) is 4. The number of esters is 1. The van der Waals surface area contributed by atoms with Crippen LogP contribution >= 0.6 is 35.3 Å². The molecular formula is C86H110F3N13O11S3. The van der Waals surface area contributed by atoms with Gasteiger partial charge in [0.15, 0.2) is 0 Å². The molecule has 6 fully saturated rings. The Hall–Kier alpha value is -9.29. The smallest absolute Gasteiger partial charge is 0.406 e. The number of rotatable bonds is 22. The molecule has 0 aliphatic carbocycles. The number of halogens is 3. The zero-order valence-corrected chi connectivity index (χ0v) is 69.5. The number of carbonyl (C=O) groups is 10. The van der Waals surface area contributed by atoms with E-state index in [-0.39, 0.29) is 109 Å². The molecule has 5 aromatic rings. The van der Waals surface area contributed by atoms with Crippen molar-refractivity contribution in [3.63, 3.8) is 0 Å². The van der Waals surface area contributed by atoms with Crippen molar-refractivity contribution in [2.24, 2.45) is 17.8 Å². The molecule has 9 aliphatic rings. The lowest BCUT2D eigenvalue weighted by Crippen LogP contribution is -2.51. The molecule has 624 valence electrons. The Morgan fingerprint density at radius 2 is 0.948 bits per heavy atom. The van der Waals surface area contributed by atoms with Crippen LogP contribution in [-0.2, 0) is 57.8 Å². The van der Waals surface area contributed by atoms with Crippen LogP contribution in [-0.4, -0.2) is 227 Å². The normalized spacial score (nSPS) is 22.4. The van der Waals surface area contributed by atoms with Crippen LogP contribution in [0.3, 0.4) is 0 Å². The molecule has 0 bridgehead atoms. The van der Waals surface area contributed by atoms with E-state index in [9.17, 15) is 61.1 Å². The third kappa shape index (κ3) is 21.0. The third-order valence-electron chi connectivity index (χ3n) is 23.1. The molecule has 9 heterocycles. The Balaban J connectivity index is 0.000000172. The van der Waals surface area contributed by atoms with Crippen molar-refractivity contribution in [3.8, 4) is 0 Å². The summed E-state index contributed by atoms with van der Waals surface area (Å²) in [4.78, 5) is 147. The summed E-state index contributed by atoms with van der Waals surface area (Å²) in [5.74, 6) is -0.769. The van der Waals surface area contributed by atoms with Crippen LogP contribution in [0.1, 0.15) is 164 Å². The molecule has 14 rings (SSSR count). The molecular weight excluding hydrogens is 1540 g/mol. The molecule has 30 heteroatoms. The molecule has 4 N–H and O–H groups in total. The monoisotopic (exact) mass is 1650 g/mol. The Morgan fingerprint density at radius 1 is 0.517 bits per heavy atom. The first kappa shape index (κ1) is 86.1. The number of benzene rings is 5. The van der Waals surface area contributed by atoms with Gasteiger partial charge in [0.2, 0.25) is 35.4 Å². The van der Waals surface area contributed by atoms with E-state index in [2.05, 4.69) is 29.8 Å². The summed E-state index contributed by atoms with van der Waals surface area (Å²) < 4.78 is 44.3. The van der Waals surface area contributed by atoms with Gasteiger partial charge in [0.05, 0.1) is 28.2 Å². The van der Waals surface area contributed by atoms with E-state index in [4.69, 9.17) is 10.1 Å². The molecule has 116 heavy (non-hydrogen) atoms. The zero-order chi connectivity index (χ0) is 82.6. The molecule has 6 saturated heterocycles. The molecule has 24 nitrogen and oxygen atoms in total. The van der Waals surface area contributed by atoms with Gasteiger partial charge in [-0.3, -0.25) is 28.8 Å². The summed E-state index contributed by atoms with van der Waals surface area (Å²) in [5.41, 5.74) is 8.50. The predicted octanol–water partition coefficient (Wildman–Crippen LogP) is 14.3. The third-order valence-corrected chi connectivity index (χ3v) is 27.5. The van der Waals surface area contributed by atoms with Crippen molar-refractivity contribution in [3.05, 3.63) is 161 Å². The van der Waals surface area contributed by atoms with Crippen LogP contribution in [0.4, 0.5) is 44.6 Å². The number of alkyl halides is 3. The second-order valence-electron chi connectivity index (χ2n) is 32.5. The minimum Gasteiger partial charge on any atom is -0.467 e. The van der Waals surface area contributed by atoms with Crippen LogP contribution in [0.15, 0.2) is 127 Å². The lowest BCUT2D eigenvalue weighted by molar-refractivity contribution is -0.161. The van der Waals surface area contributed by atoms with Gasteiger partial charge in [0, 0.05) is 128 Å². The molecule has 12 amide bonds. The number of hydrogen-bond acceptors (Lipinski definition) is 15. The maximum Gasteiger partial charge on any atom is 0.406 e. The van der Waals surface area contributed by atoms with Crippen molar-refractivity contribution in [2.75, 3.05) is 82.0 Å². The van der Waals surface area contributed by atoms with Crippen LogP contribution in [0.25, 0.3) is 0 Å². The number of methoxy groups -OCH3 is 1.